The number of rotatable bonds is 2. The lowest BCUT2D eigenvalue weighted by molar-refractivity contribution is -0.140. The molecular weight excluding hydrogens is 492 g/mol. The van der Waals surface area contributed by atoms with Gasteiger partial charge in [-0.3, -0.25) is 19.3 Å². The van der Waals surface area contributed by atoms with E-state index in [2.05, 4.69) is 16.0 Å². The smallest absolute Gasteiger partial charge is 0.239 e. The van der Waals surface area contributed by atoms with E-state index in [9.17, 15) is 33.4 Å². The molecule has 0 spiro atoms. The third kappa shape index (κ3) is 5.46. The minimum Gasteiger partial charge on any atom is -0.388 e. The van der Waals surface area contributed by atoms with Gasteiger partial charge in [0.1, 0.15) is 24.4 Å². The first-order valence-corrected chi connectivity index (χ1v) is 12.5. The largest absolute Gasteiger partial charge is 0.388 e. The third-order valence-corrected chi connectivity index (χ3v) is 7.59. The molecule has 0 aliphatic carbocycles. The third-order valence-electron chi connectivity index (χ3n) is 7.59. The second-order valence-electron chi connectivity index (χ2n) is 10.1. The number of benzene rings is 1. The number of hydrogen-bond donors (Lipinski definition) is 5. The van der Waals surface area contributed by atoms with Crippen LogP contribution in [0.2, 0.25) is 0 Å². The number of nitrogens with zero attached hydrogens (tertiary/aromatic N) is 2. The summed E-state index contributed by atoms with van der Waals surface area (Å²) in [5.41, 5.74) is 0.482. The van der Waals surface area contributed by atoms with Crippen molar-refractivity contribution >= 4 is 17.7 Å². The molecule has 0 saturated carbocycles. The number of carbonyl (C=O) groups is 3. The Bertz CT molecular complexity index is 1060. The zero-order valence-corrected chi connectivity index (χ0v) is 20.1. The van der Waals surface area contributed by atoms with Gasteiger partial charge < -0.3 is 35.8 Å². The lowest BCUT2D eigenvalue weighted by atomic mass is 10.0. The van der Waals surface area contributed by atoms with E-state index in [-0.39, 0.29) is 43.9 Å². The molecule has 6 bridgehead atoms. The number of hydrogen-bond acceptors (Lipinski definition) is 8. The first kappa shape index (κ1) is 25.9. The normalized spacial score (nSPS) is 35.4. The van der Waals surface area contributed by atoms with E-state index in [1.165, 1.54) is 6.07 Å². The summed E-state index contributed by atoms with van der Waals surface area (Å²) in [5.74, 6) is -2.92. The van der Waals surface area contributed by atoms with Gasteiger partial charge in [0.15, 0.2) is 11.6 Å². The zero-order valence-electron chi connectivity index (χ0n) is 20.1. The first-order chi connectivity index (χ1) is 17.7. The summed E-state index contributed by atoms with van der Waals surface area (Å²) in [5, 5.41) is 29.5. The summed E-state index contributed by atoms with van der Waals surface area (Å²) >= 11 is 0. The summed E-state index contributed by atoms with van der Waals surface area (Å²) in [7, 11) is 0. The van der Waals surface area contributed by atoms with Crippen LogP contribution in [0, 0.1) is 11.6 Å². The van der Waals surface area contributed by atoms with Crippen LogP contribution < -0.4 is 16.0 Å². The Morgan fingerprint density at radius 2 is 1.81 bits per heavy atom. The fraction of sp³-hybridized carbons (Fsp3) is 0.625. The molecule has 37 heavy (non-hydrogen) atoms. The van der Waals surface area contributed by atoms with E-state index in [0.29, 0.717) is 31.6 Å². The van der Waals surface area contributed by atoms with E-state index >= 15 is 0 Å². The van der Waals surface area contributed by atoms with E-state index in [1.54, 1.807) is 9.80 Å². The number of nitrogens with one attached hydrogen (secondary N) is 3. The van der Waals surface area contributed by atoms with Gasteiger partial charge in [-0.05, 0) is 24.1 Å². The molecule has 1 aromatic carbocycles. The van der Waals surface area contributed by atoms with Crippen molar-refractivity contribution < 1.29 is 38.1 Å². The monoisotopic (exact) mass is 523 g/mol. The van der Waals surface area contributed by atoms with Gasteiger partial charge in [-0.25, -0.2) is 8.78 Å². The van der Waals surface area contributed by atoms with E-state index in [4.69, 9.17) is 4.74 Å². The topological polar surface area (TPSA) is 143 Å². The van der Waals surface area contributed by atoms with Crippen LogP contribution in [0.3, 0.4) is 0 Å². The molecule has 5 rings (SSSR count). The number of fused-ring (bicyclic) bond motifs is 6. The molecule has 0 aromatic heterocycles. The maximum Gasteiger partial charge on any atom is 0.239 e. The highest BCUT2D eigenvalue weighted by Gasteiger charge is 2.45. The molecule has 4 saturated heterocycles. The lowest BCUT2D eigenvalue weighted by Gasteiger charge is -2.41. The van der Waals surface area contributed by atoms with Crippen molar-refractivity contribution in [2.45, 2.75) is 61.9 Å². The van der Waals surface area contributed by atoms with Gasteiger partial charge in [0.25, 0.3) is 0 Å². The van der Waals surface area contributed by atoms with E-state index < -0.39 is 54.0 Å². The van der Waals surface area contributed by atoms with Crippen molar-refractivity contribution in [1.82, 2.24) is 25.8 Å². The Labute approximate surface area is 212 Å². The SMILES string of the molecule is O=C1C[C@@H]2O[C@H](CNC(=O)[C@@H]3CN(CCN3Cc3ccc(F)c(F)c3)C(=O)[C@@H]3C[C@@H](CN3)N1)[C@@H](O)[C@H]2O. The summed E-state index contributed by atoms with van der Waals surface area (Å²) in [6.45, 7) is 1.16. The van der Waals surface area contributed by atoms with Crippen molar-refractivity contribution in [3.05, 3.63) is 35.4 Å². The van der Waals surface area contributed by atoms with E-state index in [0.717, 1.165) is 12.1 Å². The molecule has 11 nitrogen and oxygen atoms in total. The molecule has 0 radical (unpaired) electrons. The molecule has 7 atom stereocenters. The van der Waals surface area contributed by atoms with Crippen LogP contribution in [0.25, 0.3) is 0 Å². The Morgan fingerprint density at radius 3 is 2.59 bits per heavy atom. The minimum atomic E-state index is -1.30. The van der Waals surface area contributed by atoms with Crippen LogP contribution in [0.4, 0.5) is 8.78 Å². The van der Waals surface area contributed by atoms with Crippen molar-refractivity contribution in [2.75, 3.05) is 32.7 Å². The predicted molar refractivity (Wildman–Crippen MR) is 124 cm³/mol. The number of aliphatic hydroxyl groups is 2. The molecule has 202 valence electrons. The maximum absolute atomic E-state index is 13.8. The highest BCUT2D eigenvalue weighted by atomic mass is 19.2. The molecule has 5 N–H and O–H groups in total. The van der Waals surface area contributed by atoms with Gasteiger partial charge in [-0.1, -0.05) is 6.07 Å². The first-order valence-electron chi connectivity index (χ1n) is 12.5. The summed E-state index contributed by atoms with van der Waals surface area (Å²) in [6.07, 6.45) is -4.26. The minimum absolute atomic E-state index is 0.0723. The Balaban J connectivity index is 1.37. The van der Waals surface area contributed by atoms with Crippen molar-refractivity contribution in [3.63, 3.8) is 0 Å². The van der Waals surface area contributed by atoms with Crippen molar-refractivity contribution in [2.24, 2.45) is 0 Å². The number of ether oxygens (including phenoxy) is 1. The predicted octanol–water partition coefficient (Wildman–Crippen LogP) is -2.17. The van der Waals surface area contributed by atoms with Gasteiger partial charge in [-0.15, -0.1) is 0 Å². The van der Waals surface area contributed by atoms with Gasteiger partial charge in [-0.2, -0.15) is 0 Å². The van der Waals surface area contributed by atoms with Crippen LogP contribution in [-0.2, 0) is 25.7 Å². The average Bonchev–Trinajstić information content (AvgIpc) is 3.44. The number of carbonyl (C=O) groups excluding carboxylic acids is 3. The molecule has 0 unspecified atom stereocenters. The van der Waals surface area contributed by atoms with Crippen molar-refractivity contribution in [3.8, 4) is 0 Å². The molecule has 13 heteroatoms. The van der Waals surface area contributed by atoms with Gasteiger partial charge in [0, 0.05) is 45.3 Å². The van der Waals surface area contributed by atoms with Crippen LogP contribution in [0.1, 0.15) is 18.4 Å². The summed E-state index contributed by atoms with van der Waals surface area (Å²) in [6, 6.07) is 1.95. The quantitative estimate of drug-likeness (QED) is 0.295. The van der Waals surface area contributed by atoms with Crippen LogP contribution in [-0.4, -0.2) is 113 Å². The highest BCUT2D eigenvalue weighted by molar-refractivity contribution is 5.86. The molecule has 1 aromatic rings. The molecule has 4 fully saturated rings. The number of halogens is 2. The molecule has 4 aliphatic heterocycles. The number of amides is 3. The Kier molecular flexibility index (Phi) is 7.41. The summed E-state index contributed by atoms with van der Waals surface area (Å²) < 4.78 is 32.9. The van der Waals surface area contributed by atoms with Crippen LogP contribution >= 0.6 is 0 Å². The Hall–Kier alpha value is -2.71. The fourth-order valence-electron chi connectivity index (χ4n) is 5.54. The van der Waals surface area contributed by atoms with Crippen molar-refractivity contribution in [1.29, 1.82) is 0 Å². The maximum atomic E-state index is 13.8. The van der Waals surface area contributed by atoms with Gasteiger partial charge >= 0.3 is 0 Å². The zero-order chi connectivity index (χ0) is 26.3. The Morgan fingerprint density at radius 1 is 1.03 bits per heavy atom. The average molecular weight is 524 g/mol. The lowest BCUT2D eigenvalue weighted by Crippen LogP contribution is -2.61. The second kappa shape index (κ2) is 10.6. The molecule has 4 aliphatic rings. The van der Waals surface area contributed by atoms with E-state index in [1.807, 2.05) is 0 Å². The molecule has 4 heterocycles. The molecular formula is C24H31F2N5O6. The highest BCUT2D eigenvalue weighted by Crippen LogP contribution is 2.25. The summed E-state index contributed by atoms with van der Waals surface area (Å²) in [4.78, 5) is 42.5. The fourth-order valence-corrected chi connectivity index (χ4v) is 5.54. The van der Waals surface area contributed by atoms with Gasteiger partial charge in [0.05, 0.1) is 18.6 Å². The van der Waals surface area contributed by atoms with Crippen LogP contribution in [0.15, 0.2) is 18.2 Å². The van der Waals surface area contributed by atoms with Crippen LogP contribution in [0.5, 0.6) is 0 Å². The van der Waals surface area contributed by atoms with Gasteiger partial charge in [0.2, 0.25) is 17.7 Å². The molecule has 3 amide bonds. The number of piperazine rings is 1. The second-order valence-corrected chi connectivity index (χ2v) is 10.1. The standard InChI is InChI=1S/C24H31F2N5O6/c25-14-2-1-12(5-15(14)26)10-30-3-4-31-11-17(30)23(35)28-9-19-22(34)21(33)18(37-19)7-20(32)29-13-6-16(24(31)36)27-8-13/h1-2,5,13,16-19,21-22,27,33-34H,3-4,6-11H2,(H,28,35)(H,29,32)/t13-,16-,17-,18-,19+,21-,22+/m0/s1. The number of aliphatic hydroxyl groups excluding tert-OH is 2.